The Balaban J connectivity index is 1.50. The number of likely N-dealkylation sites (tertiary alicyclic amines) is 1. The number of anilines is 1. The van der Waals surface area contributed by atoms with Gasteiger partial charge in [0.25, 0.3) is 5.91 Å². The minimum Gasteiger partial charge on any atom is -0.480 e. The number of ether oxygens (including phenoxy) is 1. The monoisotopic (exact) mass is 574 g/mol. The molecule has 5 rings (SSSR count). The number of hydrogen-bond donors (Lipinski definition) is 2. The number of aryl methyl sites for hydroxylation is 1. The van der Waals surface area contributed by atoms with Gasteiger partial charge in [0.05, 0.1) is 40.7 Å². The van der Waals surface area contributed by atoms with Crippen molar-refractivity contribution in [1.82, 2.24) is 29.8 Å². The predicted octanol–water partition coefficient (Wildman–Crippen LogP) is 3.03. The maximum atomic E-state index is 14.9. The van der Waals surface area contributed by atoms with Crippen molar-refractivity contribution < 1.29 is 44.8 Å². The number of alkyl halides is 6. The third kappa shape index (κ3) is 4.75. The van der Waals surface area contributed by atoms with Gasteiger partial charge >= 0.3 is 6.18 Å². The molecule has 0 radical (unpaired) electrons. The summed E-state index contributed by atoms with van der Waals surface area (Å²) < 4.78 is 111. The average Bonchev–Trinajstić information content (AvgIpc) is 3.43. The molecule has 10 nitrogen and oxygen atoms in total. The number of pyridine rings is 1. The van der Waals surface area contributed by atoms with E-state index in [1.807, 2.05) is 0 Å². The van der Waals surface area contributed by atoms with Crippen molar-refractivity contribution in [3.05, 3.63) is 35.3 Å². The molecule has 0 spiro atoms. The molecule has 40 heavy (non-hydrogen) atoms. The predicted molar refractivity (Wildman–Crippen MR) is 127 cm³/mol. The molecule has 2 aliphatic rings. The van der Waals surface area contributed by atoms with Crippen molar-refractivity contribution in [3.8, 4) is 17.1 Å². The van der Waals surface area contributed by atoms with E-state index >= 15 is 0 Å². The highest BCUT2D eigenvalue weighted by molar-refractivity contribution is 5.98. The Morgan fingerprint density at radius 2 is 1.98 bits per heavy atom. The molecule has 3 aromatic heterocycles. The lowest BCUT2D eigenvalue weighted by Crippen LogP contribution is -2.47. The van der Waals surface area contributed by atoms with Gasteiger partial charge in [-0.25, -0.2) is 27.7 Å². The van der Waals surface area contributed by atoms with Crippen molar-refractivity contribution in [1.29, 1.82) is 0 Å². The van der Waals surface area contributed by atoms with Gasteiger partial charge in [0, 0.05) is 30.9 Å². The number of rotatable bonds is 5. The van der Waals surface area contributed by atoms with E-state index in [0.29, 0.717) is 6.07 Å². The normalized spacial score (nSPS) is 22.4. The number of aromatic nitrogens is 4. The average molecular weight is 575 g/mol. The first kappa shape index (κ1) is 23.7. The highest BCUT2D eigenvalue weighted by Crippen LogP contribution is 2.44. The fraction of sp³-hybridized carbons (Fsp3) is 0.458. The molecular formula is C24H23F6N7O3. The SMILES string of the molecule is [2H]C([2H])([2H])Oc1nc(C)c(-c2cc(C(F)(F)F)c3c(N)ncnn23)cc1C(=O)N[C@@H]1CN(C(=O)C2CC(F)(F)C2)C[C@@H]1F. The smallest absolute Gasteiger partial charge is 0.418 e. The molecule has 2 amide bonds. The first-order valence-corrected chi connectivity index (χ1v) is 11.9. The fourth-order valence-electron chi connectivity index (χ4n) is 4.98. The lowest BCUT2D eigenvalue weighted by molar-refractivity contribution is -0.159. The van der Waals surface area contributed by atoms with E-state index in [1.54, 1.807) is 0 Å². The molecule has 0 aromatic carbocycles. The van der Waals surface area contributed by atoms with Crippen molar-refractivity contribution in [2.24, 2.45) is 5.92 Å². The highest BCUT2D eigenvalue weighted by atomic mass is 19.4. The maximum Gasteiger partial charge on any atom is 0.418 e. The number of hydrogen-bond acceptors (Lipinski definition) is 7. The summed E-state index contributed by atoms with van der Waals surface area (Å²) >= 11 is 0. The molecule has 1 saturated carbocycles. The Hall–Kier alpha value is -4.11. The molecule has 0 bridgehead atoms. The van der Waals surface area contributed by atoms with Crippen molar-refractivity contribution in [2.45, 2.75) is 44.1 Å². The van der Waals surface area contributed by atoms with Gasteiger partial charge in [0.1, 0.15) is 23.6 Å². The minimum atomic E-state index is -4.88. The lowest BCUT2D eigenvalue weighted by Gasteiger charge is -2.36. The summed E-state index contributed by atoms with van der Waals surface area (Å²) in [5.41, 5.74) is 2.99. The largest absolute Gasteiger partial charge is 0.480 e. The molecule has 16 heteroatoms. The van der Waals surface area contributed by atoms with Gasteiger partial charge in [-0.3, -0.25) is 9.59 Å². The number of nitrogen functional groups attached to an aromatic ring is 1. The second kappa shape index (κ2) is 9.52. The van der Waals surface area contributed by atoms with Crippen molar-refractivity contribution in [3.63, 3.8) is 0 Å². The van der Waals surface area contributed by atoms with Crippen LogP contribution in [-0.4, -0.2) is 74.6 Å². The van der Waals surface area contributed by atoms with Gasteiger partial charge in [-0.05, 0) is 19.1 Å². The number of carbonyl (C=O) groups is 2. The number of fused-ring (bicyclic) bond motifs is 1. The molecule has 1 saturated heterocycles. The summed E-state index contributed by atoms with van der Waals surface area (Å²) in [6.07, 6.45) is -7.10. The number of nitrogens with zero attached hydrogens (tertiary/aromatic N) is 5. The molecule has 2 fully saturated rings. The van der Waals surface area contributed by atoms with E-state index in [2.05, 4.69) is 20.4 Å². The quantitative estimate of drug-likeness (QED) is 0.449. The van der Waals surface area contributed by atoms with Crippen LogP contribution in [0.1, 0.15) is 38.6 Å². The van der Waals surface area contributed by atoms with E-state index < -0.39 is 96.8 Å². The van der Waals surface area contributed by atoms with Crippen LogP contribution in [0.2, 0.25) is 0 Å². The van der Waals surface area contributed by atoms with Crippen LogP contribution in [0, 0.1) is 12.8 Å². The molecule has 1 aliphatic carbocycles. The Kier molecular flexibility index (Phi) is 5.65. The number of nitrogens with one attached hydrogen (secondary N) is 1. The van der Waals surface area contributed by atoms with Crippen LogP contribution in [0.4, 0.5) is 32.2 Å². The Morgan fingerprint density at radius 3 is 2.62 bits per heavy atom. The van der Waals surface area contributed by atoms with Crippen molar-refractivity contribution >= 4 is 23.1 Å². The number of methoxy groups -OCH3 is 1. The van der Waals surface area contributed by atoms with Gasteiger partial charge in [-0.2, -0.15) is 18.3 Å². The van der Waals surface area contributed by atoms with Gasteiger partial charge < -0.3 is 20.7 Å². The van der Waals surface area contributed by atoms with Crippen LogP contribution in [0.3, 0.4) is 0 Å². The molecule has 3 aromatic rings. The van der Waals surface area contributed by atoms with E-state index in [-0.39, 0.29) is 23.5 Å². The molecule has 1 aliphatic heterocycles. The van der Waals surface area contributed by atoms with Gasteiger partial charge in [0.15, 0.2) is 5.82 Å². The zero-order valence-electron chi connectivity index (χ0n) is 23.6. The topological polar surface area (TPSA) is 128 Å². The van der Waals surface area contributed by atoms with E-state index in [4.69, 9.17) is 14.6 Å². The molecule has 2 atom stereocenters. The van der Waals surface area contributed by atoms with Gasteiger partial charge in [-0.15, -0.1) is 0 Å². The summed E-state index contributed by atoms with van der Waals surface area (Å²) in [6.45, 7) is 0.492. The number of nitrogens with two attached hydrogens (primary N) is 1. The molecular weight excluding hydrogens is 548 g/mol. The number of amides is 2. The summed E-state index contributed by atoms with van der Waals surface area (Å²) in [6, 6.07) is 0.403. The van der Waals surface area contributed by atoms with Crippen LogP contribution in [0.15, 0.2) is 18.5 Å². The van der Waals surface area contributed by atoms with E-state index in [0.717, 1.165) is 21.8 Å². The number of carbonyl (C=O) groups excluding carboxylic acids is 2. The Labute approximate surface area is 226 Å². The molecule has 4 heterocycles. The van der Waals surface area contributed by atoms with Crippen molar-refractivity contribution in [2.75, 3.05) is 25.9 Å². The number of halogens is 6. The van der Waals surface area contributed by atoms with Gasteiger partial charge in [-0.1, -0.05) is 0 Å². The highest BCUT2D eigenvalue weighted by Gasteiger charge is 2.51. The standard InChI is InChI=1S/C24H23F6N7O3/c1-10-12(17-4-14(24(28,29)30)18-19(31)32-9-33-37(17)18)3-13(21(34-10)40-2)20(38)35-16-8-36(7-15(16)25)22(39)11-5-23(26,27)6-11/h3-4,9,11,15-16H,5-8H2,1-2H3,(H,35,38)(H2,31,32,33)/t15-,16+/m0/s1/i2D3. The van der Waals surface area contributed by atoms with Crippen LogP contribution < -0.4 is 15.8 Å². The summed E-state index contributed by atoms with van der Waals surface area (Å²) in [7, 11) is -3.10. The fourth-order valence-corrected chi connectivity index (χ4v) is 4.98. The molecule has 3 N–H and O–H groups in total. The Morgan fingerprint density at radius 1 is 1.25 bits per heavy atom. The van der Waals surface area contributed by atoms with Crippen LogP contribution in [0.25, 0.3) is 16.8 Å². The third-order valence-electron chi connectivity index (χ3n) is 7.00. The van der Waals surface area contributed by atoms with E-state index in [9.17, 15) is 35.9 Å². The van der Waals surface area contributed by atoms with Crippen LogP contribution in [0.5, 0.6) is 5.88 Å². The summed E-state index contributed by atoms with van der Waals surface area (Å²) in [5, 5.41) is 6.17. The zero-order chi connectivity index (χ0) is 31.6. The maximum absolute atomic E-state index is 14.9. The summed E-state index contributed by atoms with van der Waals surface area (Å²) in [4.78, 5) is 34.5. The van der Waals surface area contributed by atoms with Crippen LogP contribution in [-0.2, 0) is 11.0 Å². The first-order chi connectivity index (χ1) is 19.8. The Bertz CT molecular complexity index is 1610. The molecule has 214 valence electrons. The second-order valence-corrected chi connectivity index (χ2v) is 9.72. The zero-order valence-corrected chi connectivity index (χ0v) is 20.6. The first-order valence-electron chi connectivity index (χ1n) is 13.4. The minimum absolute atomic E-state index is 0.0561. The van der Waals surface area contributed by atoms with Gasteiger partial charge in [0.2, 0.25) is 17.7 Å². The third-order valence-corrected chi connectivity index (χ3v) is 7.00. The lowest BCUT2D eigenvalue weighted by atomic mass is 9.80. The second-order valence-electron chi connectivity index (χ2n) is 9.72. The molecule has 0 unspecified atom stereocenters. The van der Waals surface area contributed by atoms with E-state index in [1.165, 1.54) is 6.92 Å². The van der Waals surface area contributed by atoms with Crippen LogP contribution >= 0.6 is 0 Å². The summed E-state index contributed by atoms with van der Waals surface area (Å²) in [5.74, 6) is -6.95.